The maximum absolute atomic E-state index is 12.8. The molecule has 2 aromatic rings. The molecule has 2 unspecified atom stereocenters. The van der Waals surface area contributed by atoms with Crippen LogP contribution in [-0.4, -0.2) is 36.0 Å². The molecule has 3 nitrogen and oxygen atoms in total. The van der Waals surface area contributed by atoms with Crippen molar-refractivity contribution in [3.8, 4) is 11.1 Å². The van der Waals surface area contributed by atoms with Crippen molar-refractivity contribution in [1.82, 2.24) is 10.2 Å². The molecule has 2 aromatic carbocycles. The smallest absolute Gasteiger partial charge is 0.253 e. The van der Waals surface area contributed by atoms with Crippen molar-refractivity contribution in [3.05, 3.63) is 60.2 Å². The number of carbonyl (C=O) groups excluding carboxylic acids is 1. The number of hydrogen-bond acceptors (Lipinski definition) is 2. The van der Waals surface area contributed by atoms with Crippen molar-refractivity contribution in [2.24, 2.45) is 0 Å². The lowest BCUT2D eigenvalue weighted by atomic mass is 9.97. The van der Waals surface area contributed by atoms with Crippen molar-refractivity contribution < 1.29 is 4.79 Å². The Labute approximate surface area is 143 Å². The molecule has 0 radical (unpaired) electrons. The van der Waals surface area contributed by atoms with Gasteiger partial charge in [-0.15, -0.1) is 0 Å². The summed E-state index contributed by atoms with van der Waals surface area (Å²) in [6, 6.07) is 19.8. The predicted octanol–water partition coefficient (Wildman–Crippen LogP) is 3.71. The second-order valence-electron chi connectivity index (χ2n) is 7.12. The van der Waals surface area contributed by atoms with E-state index in [4.69, 9.17) is 0 Å². The fourth-order valence-corrected chi connectivity index (χ4v) is 4.15. The third kappa shape index (κ3) is 2.96. The average Bonchev–Trinajstić information content (AvgIpc) is 2.99. The standard InChI is InChI=1S/C21H24N2O/c1-23(20-13-18-11-12-19(14-20)22-18)21(24)17-9-7-16(8-10-17)15-5-3-2-4-6-15/h2-10,18-20,22H,11-14H2,1H3. The molecule has 0 aliphatic carbocycles. The van der Waals surface area contributed by atoms with Crippen LogP contribution in [0.4, 0.5) is 0 Å². The summed E-state index contributed by atoms with van der Waals surface area (Å²) in [5, 5.41) is 3.64. The van der Waals surface area contributed by atoms with Gasteiger partial charge in [-0.25, -0.2) is 0 Å². The van der Waals surface area contributed by atoms with Gasteiger partial charge < -0.3 is 10.2 Å². The first-order valence-electron chi connectivity index (χ1n) is 8.89. The zero-order chi connectivity index (χ0) is 16.5. The highest BCUT2D eigenvalue weighted by molar-refractivity contribution is 5.94. The Bertz CT molecular complexity index is 698. The zero-order valence-electron chi connectivity index (χ0n) is 14.1. The van der Waals surface area contributed by atoms with E-state index in [1.807, 2.05) is 54.4 Å². The van der Waals surface area contributed by atoms with Crippen molar-refractivity contribution in [1.29, 1.82) is 0 Å². The van der Waals surface area contributed by atoms with Gasteiger partial charge in [-0.05, 0) is 48.9 Å². The molecule has 2 bridgehead atoms. The molecular weight excluding hydrogens is 296 g/mol. The minimum Gasteiger partial charge on any atom is -0.339 e. The molecule has 124 valence electrons. The Hall–Kier alpha value is -2.13. The summed E-state index contributed by atoms with van der Waals surface area (Å²) >= 11 is 0. The normalized spacial score (nSPS) is 25.5. The third-order valence-electron chi connectivity index (χ3n) is 5.56. The van der Waals surface area contributed by atoms with Gasteiger partial charge in [0, 0.05) is 30.7 Å². The van der Waals surface area contributed by atoms with Crippen LogP contribution in [0.15, 0.2) is 54.6 Å². The molecule has 2 atom stereocenters. The number of fused-ring (bicyclic) bond motifs is 2. The summed E-state index contributed by atoms with van der Waals surface area (Å²) in [5.41, 5.74) is 3.11. The largest absolute Gasteiger partial charge is 0.339 e. The predicted molar refractivity (Wildman–Crippen MR) is 96.9 cm³/mol. The van der Waals surface area contributed by atoms with Crippen molar-refractivity contribution in [3.63, 3.8) is 0 Å². The molecule has 24 heavy (non-hydrogen) atoms. The topological polar surface area (TPSA) is 32.3 Å². The van der Waals surface area contributed by atoms with Crippen LogP contribution in [-0.2, 0) is 0 Å². The lowest BCUT2D eigenvalue weighted by Gasteiger charge is -2.35. The first-order valence-corrected chi connectivity index (χ1v) is 8.89. The van der Waals surface area contributed by atoms with Crippen molar-refractivity contribution >= 4 is 5.91 Å². The van der Waals surface area contributed by atoms with Crippen LogP contribution in [0.25, 0.3) is 11.1 Å². The molecule has 2 aliphatic rings. The minimum absolute atomic E-state index is 0.140. The van der Waals surface area contributed by atoms with E-state index in [9.17, 15) is 4.79 Å². The first kappa shape index (κ1) is 15.4. The zero-order valence-corrected chi connectivity index (χ0v) is 14.1. The average molecular weight is 320 g/mol. The molecular formula is C21H24N2O. The molecule has 2 fully saturated rings. The molecule has 3 heteroatoms. The quantitative estimate of drug-likeness (QED) is 0.935. The molecule has 4 rings (SSSR count). The van der Waals surface area contributed by atoms with Crippen LogP contribution in [0.2, 0.25) is 0 Å². The highest BCUT2D eigenvalue weighted by Gasteiger charge is 2.36. The third-order valence-corrected chi connectivity index (χ3v) is 5.56. The van der Waals surface area contributed by atoms with Gasteiger partial charge in [0.15, 0.2) is 0 Å². The number of nitrogens with one attached hydrogen (secondary N) is 1. The van der Waals surface area contributed by atoms with Crippen LogP contribution in [0, 0.1) is 0 Å². The van der Waals surface area contributed by atoms with Gasteiger partial charge in [0.25, 0.3) is 5.91 Å². The lowest BCUT2D eigenvalue weighted by Crippen LogP contribution is -2.48. The molecule has 1 N–H and O–H groups in total. The SMILES string of the molecule is CN(C(=O)c1ccc(-c2ccccc2)cc1)C1CC2CCC(C1)N2. The van der Waals surface area contributed by atoms with Gasteiger partial charge >= 0.3 is 0 Å². The number of piperidine rings is 1. The van der Waals surface area contributed by atoms with E-state index in [0.29, 0.717) is 18.1 Å². The fourth-order valence-electron chi connectivity index (χ4n) is 4.15. The Balaban J connectivity index is 1.48. The highest BCUT2D eigenvalue weighted by Crippen LogP contribution is 2.30. The molecule has 0 spiro atoms. The Morgan fingerprint density at radius 1 is 0.917 bits per heavy atom. The Morgan fingerprint density at radius 3 is 2.12 bits per heavy atom. The Morgan fingerprint density at radius 2 is 1.50 bits per heavy atom. The number of rotatable bonds is 3. The van der Waals surface area contributed by atoms with E-state index in [-0.39, 0.29) is 5.91 Å². The van der Waals surface area contributed by atoms with Crippen LogP contribution in [0.3, 0.4) is 0 Å². The number of hydrogen-bond donors (Lipinski definition) is 1. The first-order chi connectivity index (χ1) is 11.7. The van der Waals surface area contributed by atoms with E-state index < -0.39 is 0 Å². The van der Waals surface area contributed by atoms with E-state index in [2.05, 4.69) is 17.4 Å². The molecule has 2 saturated heterocycles. The highest BCUT2D eigenvalue weighted by atomic mass is 16.2. The second kappa shape index (κ2) is 6.40. The molecule has 1 amide bonds. The van der Waals surface area contributed by atoms with E-state index in [1.165, 1.54) is 18.4 Å². The molecule has 2 aliphatic heterocycles. The summed E-state index contributed by atoms with van der Waals surface area (Å²) in [7, 11) is 1.96. The Kier molecular flexibility index (Phi) is 4.11. The van der Waals surface area contributed by atoms with Gasteiger partial charge in [0.05, 0.1) is 0 Å². The van der Waals surface area contributed by atoms with Crippen molar-refractivity contribution in [2.75, 3.05) is 7.05 Å². The molecule has 0 aromatic heterocycles. The van der Waals surface area contributed by atoms with E-state index in [1.54, 1.807) is 0 Å². The van der Waals surface area contributed by atoms with Crippen molar-refractivity contribution in [2.45, 2.75) is 43.8 Å². The summed E-state index contributed by atoms with van der Waals surface area (Å²) in [6.45, 7) is 0. The van der Waals surface area contributed by atoms with Crippen LogP contribution >= 0.6 is 0 Å². The fraction of sp³-hybridized carbons (Fsp3) is 0.381. The van der Waals surface area contributed by atoms with Gasteiger partial charge in [0.1, 0.15) is 0 Å². The second-order valence-corrected chi connectivity index (χ2v) is 7.12. The van der Waals surface area contributed by atoms with Crippen LogP contribution < -0.4 is 5.32 Å². The number of nitrogens with zero attached hydrogens (tertiary/aromatic N) is 1. The monoisotopic (exact) mass is 320 g/mol. The van der Waals surface area contributed by atoms with E-state index in [0.717, 1.165) is 24.0 Å². The number of carbonyl (C=O) groups is 1. The van der Waals surface area contributed by atoms with Gasteiger partial charge in [-0.1, -0.05) is 42.5 Å². The maximum atomic E-state index is 12.8. The van der Waals surface area contributed by atoms with Gasteiger partial charge in [0.2, 0.25) is 0 Å². The van der Waals surface area contributed by atoms with Crippen LogP contribution in [0.5, 0.6) is 0 Å². The van der Waals surface area contributed by atoms with Crippen LogP contribution in [0.1, 0.15) is 36.0 Å². The minimum atomic E-state index is 0.140. The number of amides is 1. The summed E-state index contributed by atoms with van der Waals surface area (Å²) in [6.07, 6.45) is 4.69. The number of benzene rings is 2. The summed E-state index contributed by atoms with van der Waals surface area (Å²) in [4.78, 5) is 14.8. The summed E-state index contributed by atoms with van der Waals surface area (Å²) < 4.78 is 0. The van der Waals surface area contributed by atoms with Gasteiger partial charge in [-0.2, -0.15) is 0 Å². The summed E-state index contributed by atoms with van der Waals surface area (Å²) in [5.74, 6) is 0.140. The molecule has 0 saturated carbocycles. The maximum Gasteiger partial charge on any atom is 0.253 e. The molecule has 2 heterocycles. The van der Waals surface area contributed by atoms with E-state index >= 15 is 0 Å². The lowest BCUT2D eigenvalue weighted by molar-refractivity contribution is 0.0681. The van der Waals surface area contributed by atoms with Gasteiger partial charge in [-0.3, -0.25) is 4.79 Å².